The van der Waals surface area contributed by atoms with Gasteiger partial charge in [-0.3, -0.25) is 4.79 Å². The van der Waals surface area contributed by atoms with Crippen molar-refractivity contribution in [1.82, 2.24) is 5.32 Å². The molecule has 57 heavy (non-hydrogen) atoms. The molecule has 0 bridgehead atoms. The van der Waals surface area contributed by atoms with E-state index in [9.17, 15) is 35.4 Å². The van der Waals surface area contributed by atoms with Crippen molar-refractivity contribution in [2.75, 3.05) is 13.2 Å². The number of amides is 1. The number of allylic oxidation sites excluding steroid dienone is 1. The Morgan fingerprint density at radius 1 is 0.596 bits per heavy atom. The van der Waals surface area contributed by atoms with Gasteiger partial charge < -0.3 is 45.4 Å². The van der Waals surface area contributed by atoms with Crippen molar-refractivity contribution in [3.8, 4) is 0 Å². The van der Waals surface area contributed by atoms with Gasteiger partial charge in [0.2, 0.25) is 5.91 Å². The molecule has 1 fully saturated rings. The number of carbonyl (C=O) groups excluding carboxylic acids is 1. The molecular weight excluding hydrogens is 723 g/mol. The number of nitrogens with one attached hydrogen (secondary N) is 1. The monoisotopic (exact) mass is 814 g/mol. The molecule has 1 aliphatic heterocycles. The number of unbranched alkanes of at least 4 members (excludes halogenated alkanes) is 29. The molecule has 1 rings (SSSR count). The van der Waals surface area contributed by atoms with Gasteiger partial charge in [-0.05, 0) is 19.3 Å². The van der Waals surface area contributed by atoms with Gasteiger partial charge >= 0.3 is 0 Å². The fourth-order valence-corrected chi connectivity index (χ4v) is 7.75. The molecule has 0 aromatic heterocycles. The van der Waals surface area contributed by atoms with E-state index in [1.54, 1.807) is 6.08 Å². The molecule has 1 amide bonds. The van der Waals surface area contributed by atoms with Gasteiger partial charge in [-0.15, -0.1) is 0 Å². The van der Waals surface area contributed by atoms with Crippen molar-refractivity contribution in [2.24, 2.45) is 0 Å². The van der Waals surface area contributed by atoms with Crippen LogP contribution in [0.15, 0.2) is 12.2 Å². The minimum atomic E-state index is -1.61. The van der Waals surface area contributed by atoms with Crippen LogP contribution in [0.1, 0.15) is 219 Å². The predicted octanol–water partition coefficient (Wildman–Crippen LogP) is 9.09. The van der Waals surface area contributed by atoms with E-state index in [1.807, 2.05) is 6.08 Å². The first-order chi connectivity index (χ1) is 27.8. The quantitative estimate of drug-likeness (QED) is 0.0236. The Hall–Kier alpha value is -1.11. The summed E-state index contributed by atoms with van der Waals surface area (Å²) in [5.74, 6) is -0.614. The largest absolute Gasteiger partial charge is 0.394 e. The molecule has 0 radical (unpaired) electrons. The van der Waals surface area contributed by atoms with Crippen LogP contribution >= 0.6 is 0 Å². The summed E-state index contributed by atoms with van der Waals surface area (Å²) < 4.78 is 11.1. The SMILES string of the molecule is CCCCCCCCCCCC/C=C/[C@@H](O)[C@H](CO[C@@H]1O[C@H](CO)[C@@H](O)[C@H](O)[C@H]1O)NC(=O)[C@H](O)CCCCCCCCCCCCCCCCCCCCCC. The molecule has 8 atom stereocenters. The number of aliphatic hydroxyl groups is 6. The zero-order valence-corrected chi connectivity index (χ0v) is 36.7. The standard InChI is InChI=1S/C47H91NO9/c1-3-5-7-9-11-13-15-17-18-19-20-21-22-23-24-26-28-30-32-34-36-41(51)46(55)48-39(38-56-47-45(54)44(53)43(52)42(37-49)57-47)40(50)35-33-31-29-27-25-16-14-12-10-8-6-4-2/h33,35,39-45,47,49-54H,3-32,34,36-38H2,1-2H3,(H,48,55)/b35-33+/t39-,40+,41+,42+,43+,44-,45+,47+/m0/s1. The van der Waals surface area contributed by atoms with E-state index in [-0.39, 0.29) is 6.61 Å². The van der Waals surface area contributed by atoms with Gasteiger partial charge in [-0.2, -0.15) is 0 Å². The highest BCUT2D eigenvalue weighted by atomic mass is 16.7. The van der Waals surface area contributed by atoms with Gasteiger partial charge in [0.05, 0.1) is 25.4 Å². The third-order valence-corrected chi connectivity index (χ3v) is 11.7. The van der Waals surface area contributed by atoms with Gasteiger partial charge in [0.15, 0.2) is 6.29 Å². The van der Waals surface area contributed by atoms with E-state index in [4.69, 9.17) is 9.47 Å². The first kappa shape index (κ1) is 53.9. The topological polar surface area (TPSA) is 169 Å². The van der Waals surface area contributed by atoms with Crippen molar-refractivity contribution >= 4 is 5.91 Å². The number of hydrogen-bond donors (Lipinski definition) is 7. The van der Waals surface area contributed by atoms with Gasteiger partial charge in [-0.25, -0.2) is 0 Å². The average Bonchev–Trinajstić information content (AvgIpc) is 3.21. The van der Waals surface area contributed by atoms with Crippen LogP contribution in [0, 0.1) is 0 Å². The molecule has 7 N–H and O–H groups in total. The molecular formula is C47H91NO9. The fraction of sp³-hybridized carbons (Fsp3) is 0.936. The Morgan fingerprint density at radius 3 is 1.42 bits per heavy atom. The summed E-state index contributed by atoms with van der Waals surface area (Å²) in [5, 5.41) is 64.6. The highest BCUT2D eigenvalue weighted by Crippen LogP contribution is 2.23. The normalized spacial score (nSPS) is 21.6. The number of hydrogen-bond acceptors (Lipinski definition) is 9. The molecule has 338 valence electrons. The number of rotatable bonds is 40. The number of ether oxygens (including phenoxy) is 2. The van der Waals surface area contributed by atoms with Crippen LogP contribution in [0.25, 0.3) is 0 Å². The molecule has 0 aliphatic carbocycles. The van der Waals surface area contributed by atoms with E-state index < -0.39 is 61.5 Å². The van der Waals surface area contributed by atoms with Crippen LogP contribution in [-0.2, 0) is 14.3 Å². The van der Waals surface area contributed by atoms with Crippen LogP contribution in [0.4, 0.5) is 0 Å². The van der Waals surface area contributed by atoms with E-state index in [1.165, 1.54) is 154 Å². The predicted molar refractivity (Wildman–Crippen MR) is 232 cm³/mol. The Balaban J connectivity index is 2.34. The lowest BCUT2D eigenvalue weighted by atomic mass is 9.99. The maximum absolute atomic E-state index is 13.0. The summed E-state index contributed by atoms with van der Waals surface area (Å²) in [5.41, 5.74) is 0. The van der Waals surface area contributed by atoms with Crippen molar-refractivity contribution in [1.29, 1.82) is 0 Å². The highest BCUT2D eigenvalue weighted by Gasteiger charge is 2.44. The molecule has 0 aromatic rings. The molecule has 1 aliphatic rings. The zero-order valence-electron chi connectivity index (χ0n) is 36.7. The lowest BCUT2D eigenvalue weighted by molar-refractivity contribution is -0.302. The van der Waals surface area contributed by atoms with Crippen molar-refractivity contribution in [2.45, 2.75) is 268 Å². The van der Waals surface area contributed by atoms with Gasteiger partial charge in [-0.1, -0.05) is 212 Å². The van der Waals surface area contributed by atoms with Crippen LogP contribution in [0.5, 0.6) is 0 Å². The number of aliphatic hydroxyl groups excluding tert-OH is 6. The van der Waals surface area contributed by atoms with E-state index in [0.717, 1.165) is 44.9 Å². The number of carbonyl (C=O) groups is 1. The molecule has 10 nitrogen and oxygen atoms in total. The van der Waals surface area contributed by atoms with E-state index in [2.05, 4.69) is 19.2 Å². The summed E-state index contributed by atoms with van der Waals surface area (Å²) in [6.07, 6.45) is 33.0. The maximum Gasteiger partial charge on any atom is 0.249 e. The van der Waals surface area contributed by atoms with Crippen LogP contribution in [0.2, 0.25) is 0 Å². The Kier molecular flexibility index (Phi) is 35.8. The smallest absolute Gasteiger partial charge is 0.249 e. The molecule has 0 saturated carbocycles. The Morgan fingerprint density at radius 2 is 1.00 bits per heavy atom. The molecule has 0 aromatic carbocycles. The Labute approximate surface area is 349 Å². The first-order valence-electron chi connectivity index (χ1n) is 24.0. The molecule has 0 spiro atoms. The minimum absolute atomic E-state index is 0.301. The molecule has 0 unspecified atom stereocenters. The highest BCUT2D eigenvalue weighted by molar-refractivity contribution is 5.80. The summed E-state index contributed by atoms with van der Waals surface area (Å²) >= 11 is 0. The van der Waals surface area contributed by atoms with Crippen molar-refractivity contribution in [3.63, 3.8) is 0 Å². The van der Waals surface area contributed by atoms with Crippen LogP contribution < -0.4 is 5.32 Å². The second-order valence-electron chi connectivity index (χ2n) is 17.1. The van der Waals surface area contributed by atoms with Crippen molar-refractivity contribution < 1.29 is 44.9 Å². The van der Waals surface area contributed by atoms with Gasteiger partial charge in [0.1, 0.15) is 30.5 Å². The van der Waals surface area contributed by atoms with E-state index in [0.29, 0.717) is 6.42 Å². The lowest BCUT2D eigenvalue weighted by Gasteiger charge is -2.40. The third-order valence-electron chi connectivity index (χ3n) is 11.7. The van der Waals surface area contributed by atoms with Crippen molar-refractivity contribution in [3.05, 3.63) is 12.2 Å². The molecule has 1 heterocycles. The van der Waals surface area contributed by atoms with Crippen LogP contribution in [0.3, 0.4) is 0 Å². The first-order valence-corrected chi connectivity index (χ1v) is 24.0. The van der Waals surface area contributed by atoms with Gasteiger partial charge in [0, 0.05) is 0 Å². The second kappa shape index (κ2) is 37.9. The second-order valence-corrected chi connectivity index (χ2v) is 17.1. The third kappa shape index (κ3) is 28.1. The fourth-order valence-electron chi connectivity index (χ4n) is 7.75. The average molecular weight is 814 g/mol. The van der Waals surface area contributed by atoms with E-state index >= 15 is 0 Å². The lowest BCUT2D eigenvalue weighted by Crippen LogP contribution is -2.60. The minimum Gasteiger partial charge on any atom is -0.394 e. The maximum atomic E-state index is 13.0. The summed E-state index contributed by atoms with van der Waals surface area (Å²) in [6, 6.07) is -0.974. The Bertz CT molecular complexity index is 921. The van der Waals surface area contributed by atoms with Gasteiger partial charge in [0.25, 0.3) is 0 Å². The molecule has 10 heteroatoms. The van der Waals surface area contributed by atoms with Crippen LogP contribution in [-0.4, -0.2) is 98.7 Å². The summed E-state index contributed by atoms with van der Waals surface area (Å²) in [6.45, 7) is 3.61. The molecule has 1 saturated heterocycles. The summed E-state index contributed by atoms with van der Waals surface area (Å²) in [7, 11) is 0. The summed E-state index contributed by atoms with van der Waals surface area (Å²) in [4.78, 5) is 13.0. The zero-order chi connectivity index (χ0) is 41.8.